The number of carbonyl (C=O) groups is 2. The van der Waals surface area contributed by atoms with E-state index in [1.807, 2.05) is 4.90 Å². The number of rotatable bonds is 5. The summed E-state index contributed by atoms with van der Waals surface area (Å²) in [5.74, 6) is -0.0401. The van der Waals surface area contributed by atoms with Crippen LogP contribution in [0.1, 0.15) is 32.6 Å². The summed E-state index contributed by atoms with van der Waals surface area (Å²) in [6.45, 7) is 4.30. The van der Waals surface area contributed by atoms with Crippen LogP contribution in [0.2, 0.25) is 0 Å². The van der Waals surface area contributed by atoms with Crippen molar-refractivity contribution in [3.05, 3.63) is 0 Å². The quantitative estimate of drug-likeness (QED) is 0.788. The van der Waals surface area contributed by atoms with Gasteiger partial charge in [-0.1, -0.05) is 0 Å². The first-order valence-electron chi connectivity index (χ1n) is 6.77. The number of carboxylic acid groups (broad SMARTS) is 1. The summed E-state index contributed by atoms with van der Waals surface area (Å²) in [4.78, 5) is 26.1. The molecule has 0 aromatic heterocycles. The molecule has 2 rings (SSSR count). The molecule has 0 atom stereocenters. The van der Waals surface area contributed by atoms with Crippen molar-refractivity contribution >= 4 is 11.9 Å². The van der Waals surface area contributed by atoms with Crippen molar-refractivity contribution in [3.63, 3.8) is 0 Å². The highest BCUT2D eigenvalue weighted by molar-refractivity contribution is 5.73. The first-order valence-corrected chi connectivity index (χ1v) is 6.77. The van der Waals surface area contributed by atoms with Crippen LogP contribution < -0.4 is 0 Å². The fourth-order valence-electron chi connectivity index (χ4n) is 2.72. The number of hydrogen-bond acceptors (Lipinski definition) is 3. The minimum atomic E-state index is -0.733. The first kappa shape index (κ1) is 13.3. The Kier molecular flexibility index (Phi) is 4.22. The summed E-state index contributed by atoms with van der Waals surface area (Å²) in [7, 11) is 0. The molecule has 1 saturated heterocycles. The third-order valence-electron chi connectivity index (χ3n) is 3.95. The topological polar surface area (TPSA) is 60.9 Å². The molecule has 0 radical (unpaired) electrons. The molecule has 0 unspecified atom stereocenters. The maximum absolute atomic E-state index is 11.2. The van der Waals surface area contributed by atoms with E-state index in [0.29, 0.717) is 12.0 Å². The molecular formula is C13H22N2O3. The monoisotopic (exact) mass is 254 g/mol. The Bertz CT molecular complexity index is 320. The third kappa shape index (κ3) is 3.70. The molecule has 102 valence electrons. The summed E-state index contributed by atoms with van der Waals surface area (Å²) < 4.78 is 0. The average molecular weight is 254 g/mol. The molecule has 1 amide bonds. The fourth-order valence-corrected chi connectivity index (χ4v) is 2.72. The summed E-state index contributed by atoms with van der Waals surface area (Å²) >= 11 is 0. The van der Waals surface area contributed by atoms with Gasteiger partial charge >= 0.3 is 5.97 Å². The average Bonchev–Trinajstić information content (AvgIpc) is 3.12. The van der Waals surface area contributed by atoms with Crippen LogP contribution in [-0.4, -0.2) is 59.0 Å². The molecule has 1 aliphatic carbocycles. The Morgan fingerprint density at radius 3 is 2.28 bits per heavy atom. The standard InChI is InChI=1S/C13H22N2O3/c1-10(16)14-6-4-11(5-7-14)8-15(9-13(17)18)12-2-3-12/h11-12H,2-9H2,1H3,(H,17,18). The van der Waals surface area contributed by atoms with Gasteiger partial charge in [0.05, 0.1) is 6.54 Å². The molecule has 2 fully saturated rings. The first-order chi connectivity index (χ1) is 8.56. The number of amides is 1. The van der Waals surface area contributed by atoms with E-state index in [2.05, 4.69) is 4.90 Å². The molecule has 1 N–H and O–H groups in total. The zero-order valence-electron chi connectivity index (χ0n) is 11.0. The van der Waals surface area contributed by atoms with E-state index in [4.69, 9.17) is 5.11 Å². The molecule has 5 nitrogen and oxygen atoms in total. The molecule has 0 aromatic rings. The third-order valence-corrected chi connectivity index (χ3v) is 3.95. The van der Waals surface area contributed by atoms with Crippen LogP contribution in [0.4, 0.5) is 0 Å². The van der Waals surface area contributed by atoms with Gasteiger partial charge in [-0.15, -0.1) is 0 Å². The normalized spacial score (nSPS) is 21.3. The molecule has 18 heavy (non-hydrogen) atoms. The summed E-state index contributed by atoms with van der Waals surface area (Å²) in [6, 6.07) is 0.493. The molecule has 5 heteroatoms. The molecule has 1 heterocycles. The lowest BCUT2D eigenvalue weighted by atomic mass is 9.96. The van der Waals surface area contributed by atoms with Crippen molar-refractivity contribution in [2.45, 2.75) is 38.6 Å². The molecular weight excluding hydrogens is 232 g/mol. The van der Waals surface area contributed by atoms with E-state index in [0.717, 1.165) is 45.3 Å². The largest absolute Gasteiger partial charge is 0.480 e. The van der Waals surface area contributed by atoms with Crippen molar-refractivity contribution < 1.29 is 14.7 Å². The lowest BCUT2D eigenvalue weighted by Gasteiger charge is -2.34. The van der Waals surface area contributed by atoms with E-state index in [-0.39, 0.29) is 12.5 Å². The smallest absolute Gasteiger partial charge is 0.317 e. The predicted molar refractivity (Wildman–Crippen MR) is 67.2 cm³/mol. The van der Waals surface area contributed by atoms with E-state index in [1.54, 1.807) is 6.92 Å². The van der Waals surface area contributed by atoms with Crippen LogP contribution in [0.15, 0.2) is 0 Å². The van der Waals surface area contributed by atoms with Gasteiger partial charge in [0.1, 0.15) is 0 Å². The van der Waals surface area contributed by atoms with Gasteiger partial charge in [0.15, 0.2) is 0 Å². The molecule has 0 spiro atoms. The van der Waals surface area contributed by atoms with Gasteiger partial charge in [0.25, 0.3) is 0 Å². The maximum Gasteiger partial charge on any atom is 0.317 e. The zero-order chi connectivity index (χ0) is 13.1. The van der Waals surface area contributed by atoms with Crippen LogP contribution in [0.3, 0.4) is 0 Å². The van der Waals surface area contributed by atoms with Gasteiger partial charge in [-0.2, -0.15) is 0 Å². The fraction of sp³-hybridized carbons (Fsp3) is 0.846. The van der Waals surface area contributed by atoms with Crippen LogP contribution >= 0.6 is 0 Å². The van der Waals surface area contributed by atoms with E-state index >= 15 is 0 Å². The van der Waals surface area contributed by atoms with Crippen LogP contribution in [0.5, 0.6) is 0 Å². The maximum atomic E-state index is 11.2. The number of aliphatic carboxylic acids is 1. The minimum Gasteiger partial charge on any atom is -0.480 e. The van der Waals surface area contributed by atoms with Gasteiger partial charge in [0.2, 0.25) is 5.91 Å². The second-order valence-electron chi connectivity index (χ2n) is 5.50. The highest BCUT2D eigenvalue weighted by Crippen LogP contribution is 2.29. The van der Waals surface area contributed by atoms with Crippen molar-refractivity contribution in [3.8, 4) is 0 Å². The number of nitrogens with zero attached hydrogens (tertiary/aromatic N) is 2. The highest BCUT2D eigenvalue weighted by Gasteiger charge is 2.32. The molecule has 0 bridgehead atoms. The molecule has 1 aliphatic heterocycles. The minimum absolute atomic E-state index is 0.151. The Labute approximate surface area is 108 Å². The number of likely N-dealkylation sites (tertiary alicyclic amines) is 1. The summed E-state index contributed by atoms with van der Waals surface area (Å²) in [5.41, 5.74) is 0. The van der Waals surface area contributed by atoms with Crippen LogP contribution in [0.25, 0.3) is 0 Å². The lowest BCUT2D eigenvalue weighted by molar-refractivity contribution is -0.138. The molecule has 2 aliphatic rings. The second kappa shape index (κ2) is 5.69. The van der Waals surface area contributed by atoms with Crippen molar-refractivity contribution in [1.82, 2.24) is 9.80 Å². The van der Waals surface area contributed by atoms with Gasteiger partial charge in [0, 0.05) is 32.6 Å². The second-order valence-corrected chi connectivity index (χ2v) is 5.50. The zero-order valence-corrected chi connectivity index (χ0v) is 11.0. The summed E-state index contributed by atoms with van der Waals surface area (Å²) in [6.07, 6.45) is 4.28. The Morgan fingerprint density at radius 2 is 1.83 bits per heavy atom. The van der Waals surface area contributed by atoms with Crippen LogP contribution in [-0.2, 0) is 9.59 Å². The Hall–Kier alpha value is -1.10. The van der Waals surface area contributed by atoms with Crippen molar-refractivity contribution in [2.75, 3.05) is 26.2 Å². The highest BCUT2D eigenvalue weighted by atomic mass is 16.4. The van der Waals surface area contributed by atoms with Crippen LogP contribution in [0, 0.1) is 5.92 Å². The van der Waals surface area contributed by atoms with Gasteiger partial charge in [-0.25, -0.2) is 0 Å². The predicted octanol–water partition coefficient (Wildman–Crippen LogP) is 0.794. The van der Waals surface area contributed by atoms with E-state index < -0.39 is 5.97 Å². The number of carbonyl (C=O) groups excluding carboxylic acids is 1. The van der Waals surface area contributed by atoms with E-state index in [9.17, 15) is 9.59 Å². The van der Waals surface area contributed by atoms with E-state index in [1.165, 1.54) is 0 Å². The Balaban J connectivity index is 1.78. The van der Waals surface area contributed by atoms with Gasteiger partial charge < -0.3 is 10.0 Å². The molecule has 1 saturated carbocycles. The summed E-state index contributed by atoms with van der Waals surface area (Å²) in [5, 5.41) is 8.91. The van der Waals surface area contributed by atoms with Crippen molar-refractivity contribution in [1.29, 1.82) is 0 Å². The van der Waals surface area contributed by atoms with Crippen molar-refractivity contribution in [2.24, 2.45) is 5.92 Å². The molecule has 0 aromatic carbocycles. The SMILES string of the molecule is CC(=O)N1CCC(CN(CC(=O)O)C2CC2)CC1. The lowest BCUT2D eigenvalue weighted by Crippen LogP contribution is -2.42. The Morgan fingerprint density at radius 1 is 1.22 bits per heavy atom. The van der Waals surface area contributed by atoms with Gasteiger partial charge in [-0.3, -0.25) is 14.5 Å². The number of hydrogen-bond donors (Lipinski definition) is 1. The number of piperidine rings is 1. The van der Waals surface area contributed by atoms with Gasteiger partial charge in [-0.05, 0) is 31.6 Å². The number of carboxylic acids is 1.